The maximum atomic E-state index is 10.8. The summed E-state index contributed by atoms with van der Waals surface area (Å²) >= 11 is 0. The van der Waals surface area contributed by atoms with E-state index >= 15 is 0 Å². The second-order valence-corrected chi connectivity index (χ2v) is 3.42. The maximum Gasteiger partial charge on any atom is 0.311 e. The number of nitrogens with zero attached hydrogens (tertiary/aromatic N) is 2. The Kier molecular flexibility index (Phi) is 3.33. The molecule has 18 heavy (non-hydrogen) atoms. The van der Waals surface area contributed by atoms with Crippen LogP contribution in [0.25, 0.3) is 0 Å². The number of aldehydes is 1. The Morgan fingerprint density at radius 2 is 2.33 bits per heavy atom. The summed E-state index contributed by atoms with van der Waals surface area (Å²) in [6.45, 7) is 0.102. The molecule has 0 bridgehead atoms. The Labute approximate surface area is 101 Å². The highest BCUT2D eigenvalue weighted by molar-refractivity contribution is 5.77. The van der Waals surface area contributed by atoms with Crippen molar-refractivity contribution in [1.29, 1.82) is 0 Å². The molecule has 0 unspecified atom stereocenters. The zero-order valence-corrected chi connectivity index (χ0v) is 9.11. The van der Waals surface area contributed by atoms with Crippen LogP contribution in [-0.4, -0.2) is 16.4 Å². The summed E-state index contributed by atoms with van der Waals surface area (Å²) in [5.74, 6) is 0.0896. The topological polar surface area (TPSA) is 95.5 Å². The fourth-order valence-corrected chi connectivity index (χ4v) is 1.33. The van der Waals surface area contributed by atoms with E-state index in [1.807, 2.05) is 0 Å². The summed E-state index contributed by atoms with van der Waals surface area (Å²) in [5.41, 5.74) is 0.624. The van der Waals surface area contributed by atoms with Crippen LogP contribution >= 0.6 is 0 Å². The second-order valence-electron chi connectivity index (χ2n) is 3.42. The molecule has 1 aromatic heterocycles. The molecule has 0 aliphatic rings. The highest BCUT2D eigenvalue weighted by Crippen LogP contribution is 2.28. The van der Waals surface area contributed by atoms with Crippen molar-refractivity contribution in [3.63, 3.8) is 0 Å². The van der Waals surface area contributed by atoms with Crippen molar-refractivity contribution in [2.45, 2.75) is 6.61 Å². The minimum atomic E-state index is -0.601. The lowest BCUT2D eigenvalue weighted by Gasteiger charge is -2.05. The second kappa shape index (κ2) is 5.09. The van der Waals surface area contributed by atoms with Gasteiger partial charge in [-0.25, -0.2) is 0 Å². The standard InChI is InChI=1S/C11H8N2O5/c14-5-8-1-2-11(10(3-8)13(15)16)17-6-9-4-12-18-7-9/h1-5,7H,6H2. The molecule has 1 aromatic carbocycles. The van der Waals surface area contributed by atoms with Gasteiger partial charge in [0.2, 0.25) is 0 Å². The first kappa shape index (κ1) is 11.8. The summed E-state index contributed by atoms with van der Waals surface area (Å²) < 4.78 is 9.89. The minimum absolute atomic E-state index is 0.0896. The predicted molar refractivity (Wildman–Crippen MR) is 59.3 cm³/mol. The third-order valence-corrected chi connectivity index (χ3v) is 2.19. The first-order chi connectivity index (χ1) is 8.70. The monoisotopic (exact) mass is 248 g/mol. The van der Waals surface area contributed by atoms with Crippen molar-refractivity contribution in [1.82, 2.24) is 5.16 Å². The minimum Gasteiger partial charge on any atom is -0.482 e. The molecule has 0 aliphatic heterocycles. The van der Waals surface area contributed by atoms with Gasteiger partial charge in [-0.05, 0) is 12.1 Å². The Bertz CT molecular complexity index is 565. The average Bonchev–Trinajstić information content (AvgIpc) is 2.89. The number of benzene rings is 1. The first-order valence-electron chi connectivity index (χ1n) is 4.95. The summed E-state index contributed by atoms with van der Waals surface area (Å²) in [6.07, 6.45) is 3.37. The third-order valence-electron chi connectivity index (χ3n) is 2.19. The molecule has 0 radical (unpaired) electrons. The molecule has 0 aliphatic carbocycles. The lowest BCUT2D eigenvalue weighted by atomic mass is 10.2. The van der Waals surface area contributed by atoms with Crippen LogP contribution in [0, 0.1) is 10.1 Å². The van der Waals surface area contributed by atoms with Crippen LogP contribution in [0.15, 0.2) is 35.2 Å². The molecular formula is C11H8N2O5. The number of carbonyl (C=O) groups excluding carboxylic acids is 1. The van der Waals surface area contributed by atoms with Crippen LogP contribution in [0.4, 0.5) is 5.69 Å². The number of hydrogen-bond donors (Lipinski definition) is 0. The van der Waals surface area contributed by atoms with Crippen LogP contribution in [0.2, 0.25) is 0 Å². The van der Waals surface area contributed by atoms with E-state index in [0.29, 0.717) is 11.8 Å². The van der Waals surface area contributed by atoms with Gasteiger partial charge in [-0.15, -0.1) is 0 Å². The maximum absolute atomic E-state index is 10.8. The van der Waals surface area contributed by atoms with Crippen molar-refractivity contribution in [2.75, 3.05) is 0 Å². The van der Waals surface area contributed by atoms with E-state index in [9.17, 15) is 14.9 Å². The molecule has 0 amide bonds. The van der Waals surface area contributed by atoms with Crippen molar-refractivity contribution >= 4 is 12.0 Å². The average molecular weight is 248 g/mol. The number of hydrogen-bond acceptors (Lipinski definition) is 6. The molecule has 0 saturated heterocycles. The van der Waals surface area contributed by atoms with Crippen LogP contribution in [0.3, 0.4) is 0 Å². The van der Waals surface area contributed by atoms with Gasteiger partial charge in [-0.2, -0.15) is 0 Å². The molecule has 1 heterocycles. The number of nitro benzene ring substituents is 1. The Balaban J connectivity index is 2.21. The molecule has 7 nitrogen and oxygen atoms in total. The number of aromatic nitrogens is 1. The van der Waals surface area contributed by atoms with Crippen molar-refractivity contribution in [2.24, 2.45) is 0 Å². The van der Waals surface area contributed by atoms with E-state index in [0.717, 1.165) is 6.07 Å². The number of rotatable bonds is 5. The van der Waals surface area contributed by atoms with E-state index in [2.05, 4.69) is 9.68 Å². The fraction of sp³-hybridized carbons (Fsp3) is 0.0909. The smallest absolute Gasteiger partial charge is 0.311 e. The van der Waals surface area contributed by atoms with Gasteiger partial charge in [0.1, 0.15) is 19.2 Å². The first-order valence-corrected chi connectivity index (χ1v) is 4.95. The van der Waals surface area contributed by atoms with Crippen molar-refractivity contribution in [3.05, 3.63) is 51.9 Å². The van der Waals surface area contributed by atoms with Gasteiger partial charge in [0.25, 0.3) is 0 Å². The summed E-state index contributed by atoms with van der Waals surface area (Å²) in [5, 5.41) is 14.3. The molecular weight excluding hydrogens is 240 g/mol. The molecule has 0 saturated carbocycles. The van der Waals surface area contributed by atoms with Crippen molar-refractivity contribution < 1.29 is 19.0 Å². The fourth-order valence-electron chi connectivity index (χ4n) is 1.33. The largest absolute Gasteiger partial charge is 0.482 e. The molecule has 0 N–H and O–H groups in total. The van der Waals surface area contributed by atoms with Crippen LogP contribution in [-0.2, 0) is 6.61 Å². The SMILES string of the molecule is O=Cc1ccc(OCc2cnoc2)c([N+](=O)[O-])c1. The molecule has 92 valence electrons. The predicted octanol–water partition coefficient (Wildman–Crippen LogP) is 1.97. The zero-order chi connectivity index (χ0) is 13.0. The van der Waals surface area contributed by atoms with Crippen LogP contribution < -0.4 is 4.74 Å². The normalized spacial score (nSPS) is 10.0. The molecule has 0 spiro atoms. The summed E-state index contributed by atoms with van der Waals surface area (Å²) in [6, 6.07) is 3.99. The highest BCUT2D eigenvalue weighted by atomic mass is 16.6. The Morgan fingerprint density at radius 3 is 2.94 bits per heavy atom. The van der Waals surface area contributed by atoms with Crippen molar-refractivity contribution in [3.8, 4) is 5.75 Å². The van der Waals surface area contributed by atoms with E-state index < -0.39 is 4.92 Å². The van der Waals surface area contributed by atoms with Gasteiger partial charge in [0, 0.05) is 17.2 Å². The van der Waals surface area contributed by atoms with Gasteiger partial charge < -0.3 is 9.26 Å². The molecule has 0 fully saturated rings. The van der Waals surface area contributed by atoms with Gasteiger partial charge >= 0.3 is 5.69 Å². The van der Waals surface area contributed by atoms with Gasteiger partial charge in [-0.1, -0.05) is 5.16 Å². The van der Waals surface area contributed by atoms with E-state index in [-0.39, 0.29) is 23.6 Å². The van der Waals surface area contributed by atoms with E-state index in [1.165, 1.54) is 24.6 Å². The van der Waals surface area contributed by atoms with Crippen LogP contribution in [0.1, 0.15) is 15.9 Å². The highest BCUT2D eigenvalue weighted by Gasteiger charge is 2.16. The molecule has 7 heteroatoms. The van der Waals surface area contributed by atoms with E-state index in [1.54, 1.807) is 0 Å². The van der Waals surface area contributed by atoms with Gasteiger partial charge in [-0.3, -0.25) is 14.9 Å². The van der Waals surface area contributed by atoms with E-state index in [4.69, 9.17) is 4.74 Å². The quantitative estimate of drug-likeness (QED) is 0.456. The lowest BCUT2D eigenvalue weighted by Crippen LogP contribution is -1.99. The number of nitro groups is 1. The summed E-state index contributed by atoms with van der Waals surface area (Å²) in [4.78, 5) is 20.8. The Morgan fingerprint density at radius 1 is 1.50 bits per heavy atom. The zero-order valence-electron chi connectivity index (χ0n) is 9.11. The summed E-state index contributed by atoms with van der Waals surface area (Å²) in [7, 11) is 0. The van der Waals surface area contributed by atoms with Gasteiger partial charge in [0.05, 0.1) is 11.1 Å². The van der Waals surface area contributed by atoms with Gasteiger partial charge in [0.15, 0.2) is 5.75 Å². The number of carbonyl (C=O) groups is 1. The van der Waals surface area contributed by atoms with Crippen LogP contribution in [0.5, 0.6) is 5.75 Å². The lowest BCUT2D eigenvalue weighted by molar-refractivity contribution is -0.386. The molecule has 0 atom stereocenters. The Hall–Kier alpha value is -2.70. The third kappa shape index (κ3) is 2.51. The molecule has 2 aromatic rings. The number of ether oxygens (including phenoxy) is 1. The molecule has 2 rings (SSSR count).